The van der Waals surface area contributed by atoms with Gasteiger partial charge in [-0.3, -0.25) is 0 Å². The van der Waals surface area contributed by atoms with Gasteiger partial charge in [-0.05, 0) is 37.0 Å². The first-order chi connectivity index (χ1) is 9.17. The van der Waals surface area contributed by atoms with E-state index >= 15 is 0 Å². The van der Waals surface area contributed by atoms with Crippen LogP contribution in [0.4, 0.5) is 0 Å². The van der Waals surface area contributed by atoms with Crippen molar-refractivity contribution in [3.63, 3.8) is 0 Å². The summed E-state index contributed by atoms with van der Waals surface area (Å²) in [5.74, 6) is 2.99. The maximum Gasteiger partial charge on any atom is 0.192 e. The molecule has 20 heavy (non-hydrogen) atoms. The second-order valence-electron chi connectivity index (χ2n) is 7.06. The summed E-state index contributed by atoms with van der Waals surface area (Å²) in [4.78, 5) is 0. The molecule has 0 aliphatic carbocycles. The molecule has 0 bridgehead atoms. The van der Waals surface area contributed by atoms with E-state index in [0.29, 0.717) is 0 Å². The fraction of sp³-hybridized carbons (Fsp3) is 0.556. The summed E-state index contributed by atoms with van der Waals surface area (Å²) in [6.07, 6.45) is 6.63. The molecule has 0 aliphatic heterocycles. The standard InChI is InChI=1S/C18H28OSi/c1-8-15(2)17(14-16-12-10-9-11-13-16)19-20(6,7)18(3,4)5/h1,9-13,15,17H,14H2,2-7H3/t15-,17+/m1/s1. The normalized spacial score (nSPS) is 15.4. The van der Waals surface area contributed by atoms with Crippen molar-refractivity contribution in [3.05, 3.63) is 35.9 Å². The van der Waals surface area contributed by atoms with Crippen LogP contribution in [-0.2, 0) is 10.8 Å². The number of rotatable bonds is 5. The molecule has 2 atom stereocenters. The lowest BCUT2D eigenvalue weighted by atomic mass is 9.98. The topological polar surface area (TPSA) is 9.23 Å². The van der Waals surface area contributed by atoms with Gasteiger partial charge in [0.15, 0.2) is 8.32 Å². The van der Waals surface area contributed by atoms with Crippen LogP contribution in [0.2, 0.25) is 18.1 Å². The van der Waals surface area contributed by atoms with E-state index in [1.54, 1.807) is 0 Å². The lowest BCUT2D eigenvalue weighted by molar-refractivity contribution is 0.149. The van der Waals surface area contributed by atoms with Gasteiger partial charge in [0.1, 0.15) is 0 Å². The SMILES string of the molecule is C#C[C@@H](C)[C@H](Cc1ccccc1)O[Si](C)(C)C(C)(C)C. The lowest BCUT2D eigenvalue weighted by Gasteiger charge is -2.40. The molecule has 110 valence electrons. The van der Waals surface area contributed by atoms with Crippen molar-refractivity contribution in [1.29, 1.82) is 0 Å². The summed E-state index contributed by atoms with van der Waals surface area (Å²) >= 11 is 0. The van der Waals surface area contributed by atoms with Crippen molar-refractivity contribution in [3.8, 4) is 12.3 Å². The Hall–Kier alpha value is -1.04. The minimum absolute atomic E-state index is 0.100. The highest BCUT2D eigenvalue weighted by atomic mass is 28.4. The van der Waals surface area contributed by atoms with Crippen LogP contribution in [0.25, 0.3) is 0 Å². The van der Waals surface area contributed by atoms with Crippen LogP contribution in [0.1, 0.15) is 33.3 Å². The van der Waals surface area contributed by atoms with Gasteiger partial charge in [0.2, 0.25) is 0 Å². The van der Waals surface area contributed by atoms with E-state index in [1.807, 2.05) is 6.07 Å². The van der Waals surface area contributed by atoms with E-state index in [4.69, 9.17) is 10.8 Å². The molecule has 0 radical (unpaired) electrons. The van der Waals surface area contributed by atoms with Crippen LogP contribution < -0.4 is 0 Å². The van der Waals surface area contributed by atoms with E-state index in [2.05, 4.69) is 71.0 Å². The van der Waals surface area contributed by atoms with E-state index in [-0.39, 0.29) is 17.1 Å². The van der Waals surface area contributed by atoms with Gasteiger partial charge in [-0.15, -0.1) is 12.3 Å². The van der Waals surface area contributed by atoms with E-state index in [0.717, 1.165) is 6.42 Å². The van der Waals surface area contributed by atoms with Crippen molar-refractivity contribution in [2.75, 3.05) is 0 Å². The van der Waals surface area contributed by atoms with Gasteiger partial charge in [0, 0.05) is 5.92 Å². The van der Waals surface area contributed by atoms with Gasteiger partial charge >= 0.3 is 0 Å². The number of benzene rings is 1. The molecule has 2 heteroatoms. The van der Waals surface area contributed by atoms with Gasteiger partial charge < -0.3 is 4.43 Å². The fourth-order valence-corrected chi connectivity index (χ4v) is 3.23. The van der Waals surface area contributed by atoms with Crippen LogP contribution in [0.5, 0.6) is 0 Å². The van der Waals surface area contributed by atoms with Crippen LogP contribution in [0.3, 0.4) is 0 Å². The highest BCUT2D eigenvalue weighted by molar-refractivity contribution is 6.74. The summed E-state index contributed by atoms with van der Waals surface area (Å²) in [7, 11) is -1.80. The second-order valence-corrected chi connectivity index (χ2v) is 11.8. The molecule has 0 heterocycles. The Balaban J connectivity index is 2.89. The molecule has 1 aromatic carbocycles. The zero-order valence-corrected chi connectivity index (χ0v) is 14.7. The Bertz CT molecular complexity index is 451. The Morgan fingerprint density at radius 1 is 1.20 bits per heavy atom. The summed E-state index contributed by atoms with van der Waals surface area (Å²) < 4.78 is 6.56. The molecular weight excluding hydrogens is 260 g/mol. The Morgan fingerprint density at radius 3 is 2.20 bits per heavy atom. The Kier molecular flexibility index (Phi) is 5.62. The van der Waals surface area contributed by atoms with Crippen molar-refractivity contribution < 1.29 is 4.43 Å². The number of terminal acetylenes is 1. The highest BCUT2D eigenvalue weighted by Crippen LogP contribution is 2.38. The molecule has 1 rings (SSSR count). The maximum absolute atomic E-state index is 6.56. The Morgan fingerprint density at radius 2 is 1.75 bits per heavy atom. The van der Waals surface area contributed by atoms with Gasteiger partial charge in [-0.25, -0.2) is 0 Å². The van der Waals surface area contributed by atoms with Gasteiger partial charge in [-0.2, -0.15) is 0 Å². The molecule has 0 amide bonds. The average Bonchev–Trinajstić information content (AvgIpc) is 2.36. The summed E-state index contributed by atoms with van der Waals surface area (Å²) in [6, 6.07) is 10.5. The minimum atomic E-state index is -1.80. The summed E-state index contributed by atoms with van der Waals surface area (Å²) in [6.45, 7) is 13.4. The van der Waals surface area contributed by atoms with Gasteiger partial charge in [0.05, 0.1) is 6.10 Å². The largest absolute Gasteiger partial charge is 0.412 e. The van der Waals surface area contributed by atoms with Crippen LogP contribution in [0, 0.1) is 18.3 Å². The Labute approximate surface area is 125 Å². The predicted molar refractivity (Wildman–Crippen MR) is 90.2 cm³/mol. The summed E-state index contributed by atoms with van der Waals surface area (Å²) in [5, 5.41) is 0.205. The van der Waals surface area contributed by atoms with Crippen molar-refractivity contribution in [2.24, 2.45) is 5.92 Å². The number of hydrogen-bond donors (Lipinski definition) is 0. The highest BCUT2D eigenvalue weighted by Gasteiger charge is 2.39. The minimum Gasteiger partial charge on any atom is -0.412 e. The summed E-state index contributed by atoms with van der Waals surface area (Å²) in [5.41, 5.74) is 1.29. The molecule has 1 aromatic rings. The molecule has 0 saturated carbocycles. The van der Waals surface area contributed by atoms with E-state index in [9.17, 15) is 0 Å². The molecule has 0 aliphatic rings. The number of hydrogen-bond acceptors (Lipinski definition) is 1. The molecule has 0 saturated heterocycles. The average molecular weight is 289 g/mol. The zero-order valence-electron chi connectivity index (χ0n) is 13.7. The molecular formula is C18H28OSi. The fourth-order valence-electron chi connectivity index (χ4n) is 1.83. The molecule has 1 nitrogen and oxygen atoms in total. The zero-order chi connectivity index (χ0) is 15.4. The van der Waals surface area contributed by atoms with Gasteiger partial charge in [-0.1, -0.05) is 51.1 Å². The molecule has 0 fully saturated rings. The first kappa shape index (κ1) is 17.0. The lowest BCUT2D eigenvalue weighted by Crippen LogP contribution is -2.46. The molecule has 0 N–H and O–H groups in total. The third kappa shape index (κ3) is 4.51. The van der Waals surface area contributed by atoms with Crippen LogP contribution in [-0.4, -0.2) is 14.4 Å². The van der Waals surface area contributed by atoms with Crippen molar-refractivity contribution in [2.45, 2.75) is 58.4 Å². The molecule has 0 unspecified atom stereocenters. The second kappa shape index (κ2) is 6.61. The van der Waals surface area contributed by atoms with Crippen LogP contribution in [0.15, 0.2) is 30.3 Å². The van der Waals surface area contributed by atoms with Gasteiger partial charge in [0.25, 0.3) is 0 Å². The first-order valence-corrected chi connectivity index (χ1v) is 10.3. The monoisotopic (exact) mass is 288 g/mol. The predicted octanol–water partition coefficient (Wildman–Crippen LogP) is 4.89. The molecule has 0 spiro atoms. The van der Waals surface area contributed by atoms with Crippen LogP contribution >= 0.6 is 0 Å². The first-order valence-electron chi connectivity index (χ1n) is 7.35. The smallest absolute Gasteiger partial charge is 0.192 e. The third-order valence-corrected chi connectivity index (χ3v) is 8.86. The maximum atomic E-state index is 6.56. The van der Waals surface area contributed by atoms with Crippen molar-refractivity contribution >= 4 is 8.32 Å². The molecule has 0 aromatic heterocycles. The van der Waals surface area contributed by atoms with E-state index < -0.39 is 8.32 Å². The van der Waals surface area contributed by atoms with Crippen molar-refractivity contribution in [1.82, 2.24) is 0 Å². The van der Waals surface area contributed by atoms with E-state index in [1.165, 1.54) is 5.56 Å². The quantitative estimate of drug-likeness (QED) is 0.554. The third-order valence-electron chi connectivity index (χ3n) is 4.35.